The first kappa shape index (κ1) is 32.3. The molecule has 3 heterocycles. The molecule has 0 spiro atoms. The summed E-state index contributed by atoms with van der Waals surface area (Å²) in [6.07, 6.45) is 1.04. The van der Waals surface area contributed by atoms with Crippen LogP contribution in [0.4, 0.5) is 0 Å². The molecule has 1 fully saturated rings. The van der Waals surface area contributed by atoms with Crippen molar-refractivity contribution in [3.63, 3.8) is 0 Å². The number of carboxylic acid groups (broad SMARTS) is 1. The van der Waals surface area contributed by atoms with Crippen LogP contribution in [-0.2, 0) is 30.3 Å². The molecule has 5 rings (SSSR count). The maximum absolute atomic E-state index is 13.4. The smallest absolute Gasteiger partial charge is 0.290 e. The molecule has 3 amide bonds. The van der Waals surface area contributed by atoms with Crippen LogP contribution in [-0.4, -0.2) is 109 Å². The van der Waals surface area contributed by atoms with Crippen LogP contribution in [0.5, 0.6) is 11.5 Å². The van der Waals surface area contributed by atoms with Crippen molar-refractivity contribution in [2.75, 3.05) is 60.2 Å². The zero-order valence-electron chi connectivity index (χ0n) is 25.0. The number of H-pyrrole nitrogens is 1. The second-order valence-electron chi connectivity index (χ2n) is 10.5. The van der Waals surface area contributed by atoms with Gasteiger partial charge >= 0.3 is 0 Å². The fourth-order valence-corrected chi connectivity index (χ4v) is 5.65. The molecule has 2 bridgehead atoms. The minimum Gasteiger partial charge on any atom is -0.493 e. The van der Waals surface area contributed by atoms with Crippen LogP contribution in [0, 0.1) is 5.92 Å². The summed E-state index contributed by atoms with van der Waals surface area (Å²) >= 11 is 0. The van der Waals surface area contributed by atoms with Gasteiger partial charge in [0.05, 0.1) is 50.2 Å². The van der Waals surface area contributed by atoms with E-state index in [1.165, 1.54) is 0 Å². The lowest BCUT2D eigenvalue weighted by Crippen LogP contribution is -2.40. The Morgan fingerprint density at radius 2 is 1.86 bits per heavy atom. The minimum absolute atomic E-state index is 0.0331. The number of benzene rings is 2. The van der Waals surface area contributed by atoms with E-state index in [4.69, 9.17) is 24.1 Å². The van der Waals surface area contributed by atoms with E-state index in [0.29, 0.717) is 57.3 Å². The monoisotopic (exact) mass is 609 g/mol. The first-order valence-corrected chi connectivity index (χ1v) is 14.5. The first-order chi connectivity index (χ1) is 21.4. The third-order valence-corrected chi connectivity index (χ3v) is 7.89. The van der Waals surface area contributed by atoms with E-state index in [0.717, 1.165) is 22.2 Å². The molecule has 0 unspecified atom stereocenters. The highest BCUT2D eigenvalue weighted by Crippen LogP contribution is 2.38. The van der Waals surface area contributed by atoms with Gasteiger partial charge in [-0.25, -0.2) is 0 Å². The van der Waals surface area contributed by atoms with E-state index in [1.54, 1.807) is 24.0 Å². The van der Waals surface area contributed by atoms with Crippen molar-refractivity contribution >= 4 is 35.1 Å². The number of hydrogen-bond donors (Lipinski definition) is 3. The summed E-state index contributed by atoms with van der Waals surface area (Å²) in [5.41, 5.74) is 2.49. The molecule has 1 saturated heterocycles. The van der Waals surface area contributed by atoms with Gasteiger partial charge in [0.25, 0.3) is 6.47 Å². The number of fused-ring (bicyclic) bond motifs is 5. The fourth-order valence-electron chi connectivity index (χ4n) is 5.65. The summed E-state index contributed by atoms with van der Waals surface area (Å²) in [6, 6.07) is 13.3. The molecule has 13 nitrogen and oxygen atoms in total. The quantitative estimate of drug-likeness (QED) is 0.354. The van der Waals surface area contributed by atoms with Crippen molar-refractivity contribution in [2.24, 2.45) is 5.92 Å². The number of aromatic nitrogens is 2. The van der Waals surface area contributed by atoms with E-state index in [1.807, 2.05) is 42.5 Å². The lowest BCUT2D eigenvalue weighted by molar-refractivity contribution is -0.132. The number of nitrogens with one attached hydrogen (secondary N) is 2. The number of rotatable bonds is 6. The number of hydrogen-bond acceptors (Lipinski definition) is 8. The maximum Gasteiger partial charge on any atom is 0.290 e. The number of amides is 3. The van der Waals surface area contributed by atoms with E-state index in [9.17, 15) is 14.4 Å². The van der Waals surface area contributed by atoms with Gasteiger partial charge in [-0.1, -0.05) is 24.3 Å². The largest absolute Gasteiger partial charge is 0.493 e. The van der Waals surface area contributed by atoms with E-state index >= 15 is 0 Å². The topological polar surface area (TPSA) is 163 Å². The number of para-hydroxylation sites is 1. The van der Waals surface area contributed by atoms with Crippen molar-refractivity contribution in [3.05, 3.63) is 53.7 Å². The van der Waals surface area contributed by atoms with Crippen LogP contribution >= 0.6 is 0 Å². The molecule has 2 aliphatic rings. The zero-order valence-corrected chi connectivity index (χ0v) is 25.0. The number of nitrogens with zero attached hydrogens (tertiary/aromatic N) is 3. The molecular formula is C31H39N5O8. The average molecular weight is 610 g/mol. The molecule has 3 N–H and O–H groups in total. The average Bonchev–Trinajstić information content (AvgIpc) is 3.66. The van der Waals surface area contributed by atoms with E-state index in [2.05, 4.69) is 15.5 Å². The number of carbonyl (C=O) groups is 4. The molecular weight excluding hydrogens is 570 g/mol. The molecule has 236 valence electrons. The Morgan fingerprint density at radius 3 is 2.64 bits per heavy atom. The van der Waals surface area contributed by atoms with E-state index in [-0.39, 0.29) is 49.6 Å². The molecule has 0 radical (unpaired) electrons. The highest BCUT2D eigenvalue weighted by Gasteiger charge is 2.40. The van der Waals surface area contributed by atoms with Gasteiger partial charge in [0, 0.05) is 44.6 Å². The molecule has 44 heavy (non-hydrogen) atoms. The Balaban J connectivity index is 0.00000141. The van der Waals surface area contributed by atoms with Gasteiger partial charge in [-0.15, -0.1) is 0 Å². The molecule has 0 saturated carbocycles. The number of likely N-dealkylation sites (tertiary alicyclic amines) is 1. The predicted molar refractivity (Wildman–Crippen MR) is 160 cm³/mol. The van der Waals surface area contributed by atoms with Gasteiger partial charge in [0.2, 0.25) is 17.7 Å². The molecule has 2 aliphatic heterocycles. The van der Waals surface area contributed by atoms with Crippen LogP contribution in [0.2, 0.25) is 0 Å². The molecule has 13 heteroatoms. The Bertz CT molecular complexity index is 1440. The van der Waals surface area contributed by atoms with Gasteiger partial charge in [-0.05, 0) is 30.2 Å². The highest BCUT2D eigenvalue weighted by molar-refractivity contribution is 5.87. The Morgan fingerprint density at radius 1 is 1.09 bits per heavy atom. The van der Waals surface area contributed by atoms with Gasteiger partial charge in [0.15, 0.2) is 11.5 Å². The first-order valence-electron chi connectivity index (χ1n) is 14.5. The zero-order chi connectivity index (χ0) is 31.5. The summed E-state index contributed by atoms with van der Waals surface area (Å²) in [5.74, 6) is 0.329. The third kappa shape index (κ3) is 7.84. The standard InChI is InChI=1S/C30H37N5O6.CH2O2/c1-39-14-10-28(36)35-18-22-20-8-9-26(40-2)27(16-20)41-15-13-34(12-5-11-31-30(38)23(22)19-35)29(37)17-25-21-6-3-4-7-24(21)32-33-25;2-1-3/h3-4,6-9,16,22-23H,5,10-15,17-19H2,1-2H3,(H,31,38)(H,32,33);1H,(H,2,3)/t22-,23+;/m1./s1. The van der Waals surface area contributed by atoms with Crippen LogP contribution in [0.15, 0.2) is 42.5 Å². The summed E-state index contributed by atoms with van der Waals surface area (Å²) in [4.78, 5) is 51.5. The summed E-state index contributed by atoms with van der Waals surface area (Å²) in [5, 5.41) is 18.2. The Labute approximate surface area is 255 Å². The summed E-state index contributed by atoms with van der Waals surface area (Å²) in [7, 11) is 3.14. The lowest BCUT2D eigenvalue weighted by Gasteiger charge is -2.25. The predicted octanol–water partition coefficient (Wildman–Crippen LogP) is 1.82. The molecule has 2 atom stereocenters. The number of ether oxygens (including phenoxy) is 3. The van der Waals surface area contributed by atoms with Crippen LogP contribution in [0.3, 0.4) is 0 Å². The highest BCUT2D eigenvalue weighted by atomic mass is 16.5. The lowest BCUT2D eigenvalue weighted by atomic mass is 9.88. The van der Waals surface area contributed by atoms with Gasteiger partial charge in [0.1, 0.15) is 6.61 Å². The SMILES string of the molecule is COCCC(=O)N1C[C@@H]2C(=O)NCCCN(C(=O)Cc3[nH]nc4ccccc34)CCOc3cc(ccc3OC)[C@H]2C1.O=CO. The maximum atomic E-state index is 13.4. The number of carbonyl (C=O) groups excluding carboxylic acids is 3. The Kier molecular flexibility index (Phi) is 11.5. The normalized spacial score (nSPS) is 18.6. The fraction of sp³-hybridized carbons (Fsp3) is 0.452. The molecule has 2 aromatic carbocycles. The third-order valence-electron chi connectivity index (χ3n) is 7.89. The van der Waals surface area contributed by atoms with Gasteiger partial charge in [-0.3, -0.25) is 24.3 Å². The van der Waals surface area contributed by atoms with Gasteiger partial charge < -0.3 is 34.4 Å². The summed E-state index contributed by atoms with van der Waals surface area (Å²) < 4.78 is 16.8. The molecule has 0 aliphatic carbocycles. The second kappa shape index (κ2) is 15.7. The van der Waals surface area contributed by atoms with Crippen molar-refractivity contribution in [3.8, 4) is 11.5 Å². The van der Waals surface area contributed by atoms with Crippen LogP contribution in [0.1, 0.15) is 30.0 Å². The second-order valence-corrected chi connectivity index (χ2v) is 10.5. The van der Waals surface area contributed by atoms with Crippen molar-refractivity contribution < 1.29 is 38.5 Å². The van der Waals surface area contributed by atoms with E-state index < -0.39 is 5.92 Å². The van der Waals surface area contributed by atoms with Gasteiger partial charge in [-0.2, -0.15) is 5.10 Å². The Hall–Kier alpha value is -4.65. The van der Waals surface area contributed by atoms with Crippen molar-refractivity contribution in [1.29, 1.82) is 0 Å². The van der Waals surface area contributed by atoms with Crippen LogP contribution in [0.25, 0.3) is 10.9 Å². The molecule has 3 aromatic rings. The number of aromatic amines is 1. The van der Waals surface area contributed by atoms with Crippen molar-refractivity contribution in [1.82, 2.24) is 25.3 Å². The molecule has 1 aromatic heterocycles. The summed E-state index contributed by atoms with van der Waals surface area (Å²) in [6.45, 7) is 2.40. The number of methoxy groups -OCH3 is 2. The van der Waals surface area contributed by atoms with Crippen molar-refractivity contribution in [2.45, 2.75) is 25.2 Å². The van der Waals surface area contributed by atoms with Crippen LogP contribution < -0.4 is 14.8 Å². The minimum atomic E-state index is -0.405.